The molecular weight excluding hydrogens is 182 g/mol. The van der Waals surface area contributed by atoms with Crippen LogP contribution in [0.15, 0.2) is 0 Å². The molecule has 4 nitrogen and oxygen atoms in total. The Morgan fingerprint density at radius 2 is 1.79 bits per heavy atom. The Labute approximate surface area is 86.8 Å². The fourth-order valence-electron chi connectivity index (χ4n) is 0.837. The monoisotopic (exact) mass is 205 g/mol. The van der Waals surface area contributed by atoms with Crippen molar-refractivity contribution in [2.24, 2.45) is 0 Å². The predicted molar refractivity (Wildman–Crippen MR) is 56.5 cm³/mol. The van der Waals surface area contributed by atoms with Crippen LogP contribution < -0.4 is 0 Å². The Hall–Kier alpha value is -0.160. The van der Waals surface area contributed by atoms with E-state index in [2.05, 4.69) is 4.90 Å². The van der Waals surface area contributed by atoms with Crippen LogP contribution in [0.1, 0.15) is 13.8 Å². The topological polar surface area (TPSA) is 41.9 Å². The van der Waals surface area contributed by atoms with E-state index < -0.39 is 0 Å². The molecular formula is C10H23NO3. The van der Waals surface area contributed by atoms with Crippen LogP contribution in [-0.4, -0.2) is 62.7 Å². The van der Waals surface area contributed by atoms with Crippen LogP contribution in [0.5, 0.6) is 0 Å². The van der Waals surface area contributed by atoms with Crippen LogP contribution in [-0.2, 0) is 9.47 Å². The molecule has 0 rings (SSSR count). The number of ether oxygens (including phenoxy) is 2. The van der Waals surface area contributed by atoms with Crippen molar-refractivity contribution in [1.82, 2.24) is 4.90 Å². The summed E-state index contributed by atoms with van der Waals surface area (Å²) >= 11 is 0. The van der Waals surface area contributed by atoms with Crippen LogP contribution in [0.3, 0.4) is 0 Å². The average Bonchev–Trinajstić information content (AvgIpc) is 2.13. The second-order valence-corrected chi connectivity index (χ2v) is 3.81. The maximum Gasteiger partial charge on any atom is 0.0781 e. The SMILES string of the molecule is CC(CO)OCC(C)OCCN(C)C. The number of hydrogen-bond donors (Lipinski definition) is 1. The molecule has 4 heteroatoms. The molecule has 0 heterocycles. The molecule has 86 valence electrons. The van der Waals surface area contributed by atoms with Crippen molar-refractivity contribution in [2.75, 3.05) is 40.5 Å². The van der Waals surface area contributed by atoms with Gasteiger partial charge in [0, 0.05) is 6.54 Å². The third-order valence-electron chi connectivity index (χ3n) is 1.81. The van der Waals surface area contributed by atoms with Crippen molar-refractivity contribution in [1.29, 1.82) is 0 Å². The Bertz CT molecular complexity index is 131. The molecule has 0 bridgehead atoms. The minimum Gasteiger partial charge on any atom is -0.394 e. The summed E-state index contributed by atoms with van der Waals surface area (Å²) in [6.07, 6.45) is -0.0150. The lowest BCUT2D eigenvalue weighted by molar-refractivity contribution is -0.0472. The van der Waals surface area contributed by atoms with Crippen molar-refractivity contribution in [2.45, 2.75) is 26.1 Å². The normalized spacial score (nSPS) is 15.9. The fraction of sp³-hybridized carbons (Fsp3) is 1.00. The number of nitrogens with zero attached hydrogens (tertiary/aromatic N) is 1. The van der Waals surface area contributed by atoms with Gasteiger partial charge < -0.3 is 19.5 Å². The van der Waals surface area contributed by atoms with Gasteiger partial charge in [-0.1, -0.05) is 0 Å². The lowest BCUT2D eigenvalue weighted by atomic mass is 10.4. The Morgan fingerprint density at radius 1 is 1.14 bits per heavy atom. The molecule has 0 aliphatic rings. The van der Waals surface area contributed by atoms with Gasteiger partial charge in [0.25, 0.3) is 0 Å². The molecule has 2 unspecified atom stereocenters. The predicted octanol–water partition coefficient (Wildman–Crippen LogP) is 0.351. The highest BCUT2D eigenvalue weighted by Gasteiger charge is 2.05. The van der Waals surface area contributed by atoms with E-state index in [0.717, 1.165) is 6.54 Å². The summed E-state index contributed by atoms with van der Waals surface area (Å²) in [5, 5.41) is 8.72. The van der Waals surface area contributed by atoms with Crippen LogP contribution in [0, 0.1) is 0 Å². The number of aliphatic hydroxyl groups excluding tert-OH is 1. The van der Waals surface area contributed by atoms with Gasteiger partial charge in [-0.25, -0.2) is 0 Å². The molecule has 0 aromatic rings. The minimum absolute atomic E-state index is 0.0599. The van der Waals surface area contributed by atoms with E-state index >= 15 is 0 Å². The Morgan fingerprint density at radius 3 is 2.29 bits per heavy atom. The molecule has 0 aliphatic heterocycles. The fourth-order valence-corrected chi connectivity index (χ4v) is 0.837. The summed E-state index contributed by atoms with van der Waals surface area (Å²) in [7, 11) is 4.02. The molecule has 0 fully saturated rings. The standard InChI is InChI=1S/C10H23NO3/c1-9(7-12)14-8-10(2)13-6-5-11(3)4/h9-10,12H,5-8H2,1-4H3. The van der Waals surface area contributed by atoms with Crippen molar-refractivity contribution in [3.05, 3.63) is 0 Å². The van der Waals surface area contributed by atoms with Gasteiger partial charge in [0.1, 0.15) is 0 Å². The smallest absolute Gasteiger partial charge is 0.0781 e. The van der Waals surface area contributed by atoms with Gasteiger partial charge in [-0.3, -0.25) is 0 Å². The van der Waals surface area contributed by atoms with Gasteiger partial charge in [0.15, 0.2) is 0 Å². The van der Waals surface area contributed by atoms with Gasteiger partial charge in [-0.2, -0.15) is 0 Å². The van der Waals surface area contributed by atoms with E-state index in [1.807, 2.05) is 27.9 Å². The Kier molecular flexibility index (Phi) is 8.08. The summed E-state index contributed by atoms with van der Waals surface area (Å²) in [4.78, 5) is 2.07. The molecule has 0 aromatic heterocycles. The highest BCUT2D eigenvalue weighted by molar-refractivity contribution is 4.52. The molecule has 0 radical (unpaired) electrons. The minimum atomic E-state index is -0.102. The lowest BCUT2D eigenvalue weighted by Crippen LogP contribution is -2.25. The number of rotatable bonds is 8. The highest BCUT2D eigenvalue weighted by atomic mass is 16.5. The Balaban J connectivity index is 3.32. The number of likely N-dealkylation sites (N-methyl/N-ethyl adjacent to an activating group) is 1. The summed E-state index contributed by atoms with van der Waals surface area (Å²) in [6, 6.07) is 0. The number of hydrogen-bond acceptors (Lipinski definition) is 4. The zero-order chi connectivity index (χ0) is 11.0. The van der Waals surface area contributed by atoms with Crippen LogP contribution >= 0.6 is 0 Å². The third-order valence-corrected chi connectivity index (χ3v) is 1.81. The van der Waals surface area contributed by atoms with Crippen molar-refractivity contribution < 1.29 is 14.6 Å². The van der Waals surface area contributed by atoms with Gasteiger partial charge in [-0.15, -0.1) is 0 Å². The second-order valence-electron chi connectivity index (χ2n) is 3.81. The molecule has 2 atom stereocenters. The molecule has 0 aliphatic carbocycles. The molecule has 0 aromatic carbocycles. The van der Waals surface area contributed by atoms with E-state index in [4.69, 9.17) is 14.6 Å². The zero-order valence-electron chi connectivity index (χ0n) is 9.69. The summed E-state index contributed by atoms with van der Waals surface area (Å²) in [5.41, 5.74) is 0. The molecule has 0 saturated carbocycles. The maximum absolute atomic E-state index is 8.72. The average molecular weight is 205 g/mol. The summed E-state index contributed by atoms with van der Waals surface area (Å²) < 4.78 is 10.8. The van der Waals surface area contributed by atoms with Crippen molar-refractivity contribution >= 4 is 0 Å². The first-order chi connectivity index (χ1) is 6.56. The zero-order valence-corrected chi connectivity index (χ0v) is 9.69. The molecule has 14 heavy (non-hydrogen) atoms. The first kappa shape index (κ1) is 13.8. The van der Waals surface area contributed by atoms with E-state index in [-0.39, 0.29) is 18.8 Å². The van der Waals surface area contributed by atoms with Crippen molar-refractivity contribution in [3.8, 4) is 0 Å². The van der Waals surface area contributed by atoms with Gasteiger partial charge >= 0.3 is 0 Å². The summed E-state index contributed by atoms with van der Waals surface area (Å²) in [5.74, 6) is 0. The largest absolute Gasteiger partial charge is 0.394 e. The summed E-state index contributed by atoms with van der Waals surface area (Å²) in [6.45, 7) is 6.04. The van der Waals surface area contributed by atoms with E-state index in [1.54, 1.807) is 0 Å². The quantitative estimate of drug-likeness (QED) is 0.621. The van der Waals surface area contributed by atoms with Crippen molar-refractivity contribution in [3.63, 3.8) is 0 Å². The number of aliphatic hydroxyl groups is 1. The van der Waals surface area contributed by atoms with Crippen LogP contribution in [0.2, 0.25) is 0 Å². The van der Waals surface area contributed by atoms with Crippen LogP contribution in [0.4, 0.5) is 0 Å². The maximum atomic E-state index is 8.72. The third kappa shape index (κ3) is 8.44. The van der Waals surface area contributed by atoms with Gasteiger partial charge in [-0.05, 0) is 27.9 Å². The van der Waals surface area contributed by atoms with Crippen LogP contribution in [0.25, 0.3) is 0 Å². The van der Waals surface area contributed by atoms with Gasteiger partial charge in [0.2, 0.25) is 0 Å². The highest BCUT2D eigenvalue weighted by Crippen LogP contribution is 1.96. The second kappa shape index (κ2) is 8.17. The van der Waals surface area contributed by atoms with E-state index in [1.165, 1.54) is 0 Å². The molecule has 0 spiro atoms. The molecule has 1 N–H and O–H groups in total. The first-order valence-electron chi connectivity index (χ1n) is 5.05. The van der Waals surface area contributed by atoms with Gasteiger partial charge in [0.05, 0.1) is 32.0 Å². The lowest BCUT2D eigenvalue weighted by Gasteiger charge is -2.17. The molecule has 0 amide bonds. The molecule has 0 saturated heterocycles. The van der Waals surface area contributed by atoms with E-state index in [0.29, 0.717) is 13.2 Å². The first-order valence-corrected chi connectivity index (χ1v) is 5.05. The van der Waals surface area contributed by atoms with E-state index in [9.17, 15) is 0 Å².